The summed E-state index contributed by atoms with van der Waals surface area (Å²) in [6.45, 7) is 10.2. The van der Waals surface area contributed by atoms with Gasteiger partial charge in [-0.15, -0.1) is 0 Å². The van der Waals surface area contributed by atoms with Gasteiger partial charge < -0.3 is 15.0 Å². The molecule has 9 nitrogen and oxygen atoms in total. The van der Waals surface area contributed by atoms with Gasteiger partial charge >= 0.3 is 0 Å². The van der Waals surface area contributed by atoms with Crippen molar-refractivity contribution in [3.8, 4) is 0 Å². The zero-order valence-corrected chi connectivity index (χ0v) is 19.8. The van der Waals surface area contributed by atoms with E-state index in [9.17, 15) is 0 Å². The summed E-state index contributed by atoms with van der Waals surface area (Å²) >= 11 is 0. The Labute approximate surface area is 189 Å². The number of ether oxygens (including phenoxy) is 1. The minimum atomic E-state index is 0.342. The topological polar surface area (TPSA) is 84.2 Å². The first-order chi connectivity index (χ1) is 15.5. The van der Waals surface area contributed by atoms with E-state index in [1.54, 1.807) is 0 Å². The highest BCUT2D eigenvalue weighted by molar-refractivity contribution is 5.89. The molecule has 0 saturated carbocycles. The molecule has 32 heavy (non-hydrogen) atoms. The van der Waals surface area contributed by atoms with Crippen LogP contribution in [0.25, 0.3) is 11.0 Å². The molecule has 1 saturated heterocycles. The van der Waals surface area contributed by atoms with Crippen LogP contribution < -0.4 is 10.2 Å². The number of likely N-dealkylation sites (tertiary alicyclic amines) is 1. The number of pyridine rings is 1. The molecule has 4 heterocycles. The Balaban J connectivity index is 1.78. The molecule has 172 valence electrons. The zero-order valence-electron chi connectivity index (χ0n) is 19.8. The van der Waals surface area contributed by atoms with Crippen LogP contribution in [-0.2, 0) is 17.7 Å². The van der Waals surface area contributed by atoms with E-state index in [1.807, 2.05) is 48.8 Å². The molecular weight excluding hydrogens is 404 g/mol. The number of aromatic nitrogens is 5. The molecule has 0 aliphatic carbocycles. The molecule has 9 heteroatoms. The molecule has 3 aromatic rings. The highest BCUT2D eigenvalue weighted by Gasteiger charge is 2.25. The Morgan fingerprint density at radius 1 is 1.25 bits per heavy atom. The van der Waals surface area contributed by atoms with Crippen molar-refractivity contribution in [2.75, 3.05) is 50.6 Å². The summed E-state index contributed by atoms with van der Waals surface area (Å²) in [5.74, 6) is 2.25. The van der Waals surface area contributed by atoms with Crippen molar-refractivity contribution in [2.45, 2.75) is 46.2 Å². The van der Waals surface area contributed by atoms with Gasteiger partial charge in [-0.3, -0.25) is 9.58 Å². The Kier molecular flexibility index (Phi) is 6.86. The number of nitrogens with one attached hydrogen (secondary N) is 1. The van der Waals surface area contributed by atoms with Crippen molar-refractivity contribution in [3.05, 3.63) is 29.6 Å². The van der Waals surface area contributed by atoms with Crippen LogP contribution in [0.5, 0.6) is 0 Å². The highest BCUT2D eigenvalue weighted by Crippen LogP contribution is 2.30. The first-order valence-corrected chi connectivity index (χ1v) is 11.5. The molecule has 0 unspecified atom stereocenters. The van der Waals surface area contributed by atoms with Gasteiger partial charge in [0.15, 0.2) is 5.82 Å². The van der Waals surface area contributed by atoms with Crippen molar-refractivity contribution in [3.63, 3.8) is 0 Å². The van der Waals surface area contributed by atoms with Gasteiger partial charge in [0, 0.05) is 32.4 Å². The number of rotatable bonds is 9. The maximum atomic E-state index is 5.60. The number of nitrogens with zero attached hydrogens (tertiary/aromatic N) is 7. The predicted molar refractivity (Wildman–Crippen MR) is 128 cm³/mol. The van der Waals surface area contributed by atoms with Gasteiger partial charge in [-0.05, 0) is 51.9 Å². The van der Waals surface area contributed by atoms with E-state index in [0.717, 1.165) is 59.9 Å². The summed E-state index contributed by atoms with van der Waals surface area (Å²) in [7, 11) is 4.11. The summed E-state index contributed by atoms with van der Waals surface area (Å²) in [6.07, 6.45) is 3.74. The molecule has 1 aliphatic rings. The normalized spacial score (nSPS) is 16.7. The molecule has 0 radical (unpaired) electrons. The average Bonchev–Trinajstić information content (AvgIpc) is 3.37. The van der Waals surface area contributed by atoms with Crippen molar-refractivity contribution in [1.82, 2.24) is 29.6 Å². The lowest BCUT2D eigenvalue weighted by molar-refractivity contribution is 0.137. The number of fused-ring (bicyclic) bond motifs is 1. The second-order valence-electron chi connectivity index (χ2n) is 8.43. The summed E-state index contributed by atoms with van der Waals surface area (Å²) in [4.78, 5) is 18.7. The van der Waals surface area contributed by atoms with Crippen molar-refractivity contribution >= 4 is 28.6 Å². The van der Waals surface area contributed by atoms with Gasteiger partial charge in [0.25, 0.3) is 0 Å². The number of likely N-dealkylation sites (N-methyl/N-ethyl adjacent to an activating group) is 1. The van der Waals surface area contributed by atoms with Crippen molar-refractivity contribution in [2.24, 2.45) is 0 Å². The second kappa shape index (κ2) is 9.79. The largest absolute Gasteiger partial charge is 0.380 e. The van der Waals surface area contributed by atoms with E-state index in [-0.39, 0.29) is 0 Å². The van der Waals surface area contributed by atoms with E-state index >= 15 is 0 Å². The Morgan fingerprint density at radius 3 is 2.75 bits per heavy atom. The summed E-state index contributed by atoms with van der Waals surface area (Å²) in [5.41, 5.74) is 3.93. The fourth-order valence-corrected chi connectivity index (χ4v) is 4.08. The monoisotopic (exact) mass is 438 g/mol. The fraction of sp³-hybridized carbons (Fsp3) is 0.565. The molecule has 0 spiro atoms. The Morgan fingerprint density at radius 2 is 2.09 bits per heavy atom. The highest BCUT2D eigenvalue weighted by atomic mass is 16.5. The smallest absolute Gasteiger partial charge is 0.233 e. The third kappa shape index (κ3) is 4.68. The van der Waals surface area contributed by atoms with Gasteiger partial charge in [-0.25, -0.2) is 9.97 Å². The Hall–Kier alpha value is -2.78. The van der Waals surface area contributed by atoms with Crippen LogP contribution in [0.2, 0.25) is 0 Å². The lowest BCUT2D eigenvalue weighted by Gasteiger charge is -2.20. The van der Waals surface area contributed by atoms with E-state index in [1.165, 1.54) is 0 Å². The third-order valence-corrected chi connectivity index (χ3v) is 5.90. The first kappa shape index (κ1) is 22.4. The zero-order chi connectivity index (χ0) is 22.7. The average molecular weight is 439 g/mol. The van der Waals surface area contributed by atoms with Gasteiger partial charge in [-0.2, -0.15) is 10.1 Å². The minimum Gasteiger partial charge on any atom is -0.380 e. The molecule has 0 amide bonds. The van der Waals surface area contributed by atoms with Gasteiger partial charge in [-0.1, -0.05) is 13.0 Å². The molecule has 0 aromatic carbocycles. The standard InChI is InChI=1S/C23H34N8O/c1-6-18-20-21(31(28-18)12-13-32-7-2)22(25-17-10-11-29(4)15-17)27-23(26-20)30(5)19-9-8-16(3)14-24-19/h8-9,14,17H,6-7,10-13,15H2,1-5H3,(H,25,26,27)/t17-/m0/s1. The molecule has 1 aliphatic heterocycles. The van der Waals surface area contributed by atoms with Gasteiger partial charge in [0.2, 0.25) is 5.95 Å². The predicted octanol–water partition coefficient (Wildman–Crippen LogP) is 3.01. The molecule has 0 bridgehead atoms. The molecule has 1 N–H and O–H groups in total. The molecule has 1 atom stereocenters. The minimum absolute atomic E-state index is 0.342. The van der Waals surface area contributed by atoms with E-state index in [4.69, 9.17) is 19.8 Å². The maximum absolute atomic E-state index is 5.60. The summed E-state index contributed by atoms with van der Waals surface area (Å²) in [5, 5.41) is 8.56. The molecule has 3 aromatic heterocycles. The van der Waals surface area contributed by atoms with Gasteiger partial charge in [0.1, 0.15) is 16.9 Å². The number of hydrogen-bond acceptors (Lipinski definition) is 8. The van der Waals surface area contributed by atoms with Crippen LogP contribution in [0.3, 0.4) is 0 Å². The lowest BCUT2D eigenvalue weighted by atomic mass is 10.2. The van der Waals surface area contributed by atoms with Crippen LogP contribution >= 0.6 is 0 Å². The lowest BCUT2D eigenvalue weighted by Crippen LogP contribution is -2.25. The number of anilines is 3. The van der Waals surface area contributed by atoms with Crippen LogP contribution in [0.4, 0.5) is 17.6 Å². The Bertz CT molecular complexity index is 1050. The van der Waals surface area contributed by atoms with Crippen LogP contribution in [0.1, 0.15) is 31.5 Å². The van der Waals surface area contributed by atoms with Gasteiger partial charge in [0.05, 0.1) is 18.8 Å². The van der Waals surface area contributed by atoms with Crippen molar-refractivity contribution < 1.29 is 4.74 Å². The van der Waals surface area contributed by atoms with E-state index in [2.05, 4.69) is 29.2 Å². The fourth-order valence-electron chi connectivity index (χ4n) is 4.08. The molecular formula is C23H34N8O. The second-order valence-corrected chi connectivity index (χ2v) is 8.43. The first-order valence-electron chi connectivity index (χ1n) is 11.5. The summed E-state index contributed by atoms with van der Waals surface area (Å²) in [6, 6.07) is 4.39. The third-order valence-electron chi connectivity index (χ3n) is 5.90. The van der Waals surface area contributed by atoms with Crippen molar-refractivity contribution in [1.29, 1.82) is 0 Å². The summed E-state index contributed by atoms with van der Waals surface area (Å²) < 4.78 is 7.60. The maximum Gasteiger partial charge on any atom is 0.233 e. The van der Waals surface area contributed by atoms with Crippen LogP contribution in [-0.4, -0.2) is 76.1 Å². The van der Waals surface area contributed by atoms with E-state index in [0.29, 0.717) is 31.7 Å². The van der Waals surface area contributed by atoms with E-state index < -0.39 is 0 Å². The molecule has 1 fully saturated rings. The van der Waals surface area contributed by atoms with Crippen LogP contribution in [0.15, 0.2) is 18.3 Å². The number of hydrogen-bond donors (Lipinski definition) is 1. The SMILES string of the molecule is CCOCCn1nc(CC)c2nc(N(C)c3ccc(C)cn3)nc(N[C@H]3CCN(C)C3)c21. The van der Waals surface area contributed by atoms with Crippen LogP contribution in [0, 0.1) is 6.92 Å². The quantitative estimate of drug-likeness (QED) is 0.511. The number of aryl methyl sites for hydroxylation is 2. The molecule has 4 rings (SSSR count).